The van der Waals surface area contributed by atoms with Gasteiger partial charge >= 0.3 is 0 Å². The molecule has 5 nitrogen and oxygen atoms in total. The number of rotatable bonds is 3. The highest BCUT2D eigenvalue weighted by molar-refractivity contribution is 9.10. The normalized spacial score (nSPS) is 13.1. The zero-order chi connectivity index (χ0) is 12.6. The van der Waals surface area contributed by atoms with Crippen molar-refractivity contribution >= 4 is 26.0 Å². The Bertz CT molecular complexity index is 473. The number of halogens is 1. The van der Waals surface area contributed by atoms with Crippen LogP contribution < -0.4 is 10.5 Å². The van der Waals surface area contributed by atoms with Gasteiger partial charge in [0.15, 0.2) is 4.67 Å². The molecule has 0 saturated carbocycles. The first-order valence-electron chi connectivity index (χ1n) is 4.68. The Kier molecular flexibility index (Phi) is 3.83. The van der Waals surface area contributed by atoms with Gasteiger partial charge in [-0.25, -0.2) is 13.1 Å². The first-order valence-corrected chi connectivity index (χ1v) is 6.95. The summed E-state index contributed by atoms with van der Waals surface area (Å²) in [6, 6.07) is 1.41. The van der Waals surface area contributed by atoms with Crippen LogP contribution in [0.25, 0.3) is 0 Å². The summed E-state index contributed by atoms with van der Waals surface area (Å²) in [5.74, 6) is 0.418. The van der Waals surface area contributed by atoms with E-state index in [9.17, 15) is 8.42 Å². The molecule has 1 aromatic rings. The van der Waals surface area contributed by atoms with E-state index in [0.29, 0.717) is 5.76 Å². The topological polar surface area (TPSA) is 85.3 Å². The zero-order valence-corrected chi connectivity index (χ0v) is 11.8. The fraction of sp³-hybridized carbons (Fsp3) is 0.556. The lowest BCUT2D eigenvalue weighted by molar-refractivity contribution is 0.476. The van der Waals surface area contributed by atoms with Crippen LogP contribution in [-0.4, -0.2) is 14.0 Å². The van der Waals surface area contributed by atoms with Crippen LogP contribution in [0.4, 0.5) is 0 Å². The number of hydrogen-bond donors (Lipinski definition) is 2. The molecule has 1 aromatic heterocycles. The van der Waals surface area contributed by atoms with Crippen molar-refractivity contribution in [1.82, 2.24) is 4.72 Å². The van der Waals surface area contributed by atoms with Crippen molar-refractivity contribution in [2.75, 3.05) is 0 Å². The van der Waals surface area contributed by atoms with Crippen LogP contribution in [0, 0.1) is 0 Å². The molecule has 0 atom stereocenters. The molecule has 1 heterocycles. The van der Waals surface area contributed by atoms with Crippen LogP contribution in [0.1, 0.15) is 26.5 Å². The van der Waals surface area contributed by atoms with E-state index in [2.05, 4.69) is 20.7 Å². The van der Waals surface area contributed by atoms with Crippen molar-refractivity contribution < 1.29 is 12.8 Å². The van der Waals surface area contributed by atoms with Gasteiger partial charge in [0.2, 0.25) is 10.0 Å². The summed E-state index contributed by atoms with van der Waals surface area (Å²) in [5, 5.41) is 0. The largest absolute Gasteiger partial charge is 0.452 e. The standard InChI is InChI=1S/C9H15BrN2O3S/c1-9(2,3)12-16(13,14)7-4-6(5-11)15-8(7)10/h4,12H,5,11H2,1-3H3. The highest BCUT2D eigenvalue weighted by atomic mass is 79.9. The summed E-state index contributed by atoms with van der Waals surface area (Å²) in [4.78, 5) is 0.0721. The van der Waals surface area contributed by atoms with Crippen LogP contribution in [0.3, 0.4) is 0 Å². The first-order chi connectivity index (χ1) is 7.15. The highest BCUT2D eigenvalue weighted by Crippen LogP contribution is 2.26. The zero-order valence-electron chi connectivity index (χ0n) is 9.37. The van der Waals surface area contributed by atoms with Crippen molar-refractivity contribution in [1.29, 1.82) is 0 Å². The number of nitrogens with two attached hydrogens (primary N) is 1. The molecule has 0 spiro atoms. The Hall–Kier alpha value is -0.370. The number of nitrogens with one attached hydrogen (secondary N) is 1. The van der Waals surface area contributed by atoms with Gasteiger partial charge in [0.1, 0.15) is 10.7 Å². The second kappa shape index (κ2) is 4.48. The predicted octanol–water partition coefficient (Wildman–Crippen LogP) is 1.58. The third-order valence-corrected chi connectivity index (χ3v) is 4.25. The Morgan fingerprint density at radius 2 is 2.06 bits per heavy atom. The molecule has 0 aromatic carbocycles. The molecule has 0 saturated heterocycles. The molecule has 0 aliphatic rings. The summed E-state index contributed by atoms with van der Waals surface area (Å²) in [5.41, 5.74) is 4.83. The van der Waals surface area contributed by atoms with E-state index >= 15 is 0 Å². The molecule has 16 heavy (non-hydrogen) atoms. The quantitative estimate of drug-likeness (QED) is 0.887. The van der Waals surface area contributed by atoms with Crippen LogP contribution in [0.5, 0.6) is 0 Å². The van der Waals surface area contributed by atoms with Crippen LogP contribution in [0.2, 0.25) is 0 Å². The molecular formula is C9H15BrN2O3S. The van der Waals surface area contributed by atoms with Gasteiger partial charge in [-0.15, -0.1) is 0 Å². The lowest BCUT2D eigenvalue weighted by Crippen LogP contribution is -2.40. The van der Waals surface area contributed by atoms with E-state index in [1.807, 2.05) is 0 Å². The van der Waals surface area contributed by atoms with Crippen molar-refractivity contribution in [3.05, 3.63) is 16.5 Å². The summed E-state index contributed by atoms with van der Waals surface area (Å²) in [7, 11) is -3.58. The average molecular weight is 311 g/mol. The lowest BCUT2D eigenvalue weighted by Gasteiger charge is -2.19. The number of sulfonamides is 1. The second-order valence-corrected chi connectivity index (χ2v) is 6.78. The maximum Gasteiger partial charge on any atom is 0.245 e. The van der Waals surface area contributed by atoms with Crippen molar-refractivity contribution in [3.8, 4) is 0 Å². The Balaban J connectivity index is 3.12. The Morgan fingerprint density at radius 3 is 2.44 bits per heavy atom. The van der Waals surface area contributed by atoms with Gasteiger partial charge in [-0.3, -0.25) is 0 Å². The average Bonchev–Trinajstić information content (AvgIpc) is 2.43. The minimum absolute atomic E-state index is 0.0721. The van der Waals surface area contributed by atoms with Crippen LogP contribution in [-0.2, 0) is 16.6 Å². The SMILES string of the molecule is CC(C)(C)NS(=O)(=O)c1cc(CN)oc1Br. The molecular weight excluding hydrogens is 296 g/mol. The number of hydrogen-bond acceptors (Lipinski definition) is 4. The maximum atomic E-state index is 12.0. The van der Waals surface area contributed by atoms with Gasteiger partial charge < -0.3 is 10.2 Å². The molecule has 0 aliphatic carbocycles. The van der Waals surface area contributed by atoms with Gasteiger partial charge in [-0.2, -0.15) is 0 Å². The lowest BCUT2D eigenvalue weighted by atomic mass is 10.1. The summed E-state index contributed by atoms with van der Waals surface area (Å²) in [6.07, 6.45) is 0. The molecule has 92 valence electrons. The van der Waals surface area contributed by atoms with E-state index in [1.54, 1.807) is 20.8 Å². The second-order valence-electron chi connectivity index (χ2n) is 4.41. The predicted molar refractivity (Wildman–Crippen MR) is 64.4 cm³/mol. The molecule has 0 bridgehead atoms. The Morgan fingerprint density at radius 1 is 1.50 bits per heavy atom. The van der Waals surface area contributed by atoms with Gasteiger partial charge in [0.05, 0.1) is 6.54 Å². The van der Waals surface area contributed by atoms with Crippen molar-refractivity contribution in [3.63, 3.8) is 0 Å². The molecule has 7 heteroatoms. The molecule has 3 N–H and O–H groups in total. The highest BCUT2D eigenvalue weighted by Gasteiger charge is 2.26. The summed E-state index contributed by atoms with van der Waals surface area (Å²) >= 11 is 3.06. The van der Waals surface area contributed by atoms with Crippen molar-refractivity contribution in [2.45, 2.75) is 37.8 Å². The van der Waals surface area contributed by atoms with Crippen LogP contribution >= 0.6 is 15.9 Å². The molecule has 0 fully saturated rings. The molecule has 0 unspecified atom stereocenters. The fourth-order valence-electron chi connectivity index (χ4n) is 1.14. The molecule has 1 rings (SSSR count). The Labute approximate surface area is 104 Å². The minimum Gasteiger partial charge on any atom is -0.452 e. The van der Waals surface area contributed by atoms with Gasteiger partial charge in [-0.05, 0) is 36.7 Å². The van der Waals surface area contributed by atoms with Gasteiger partial charge in [0.25, 0.3) is 0 Å². The molecule has 0 radical (unpaired) electrons. The van der Waals surface area contributed by atoms with E-state index in [-0.39, 0.29) is 16.1 Å². The van der Waals surface area contributed by atoms with E-state index < -0.39 is 15.6 Å². The molecule has 0 amide bonds. The molecule has 0 aliphatic heterocycles. The van der Waals surface area contributed by atoms with E-state index in [4.69, 9.17) is 10.2 Å². The fourth-order valence-corrected chi connectivity index (χ4v) is 3.56. The summed E-state index contributed by atoms with van der Waals surface area (Å²) < 4.78 is 31.8. The maximum absolute atomic E-state index is 12.0. The van der Waals surface area contributed by atoms with Gasteiger partial charge in [-0.1, -0.05) is 0 Å². The first kappa shape index (κ1) is 13.7. The number of furan rings is 1. The summed E-state index contributed by atoms with van der Waals surface area (Å²) in [6.45, 7) is 5.46. The van der Waals surface area contributed by atoms with E-state index in [0.717, 1.165) is 0 Å². The third kappa shape index (κ3) is 3.31. The van der Waals surface area contributed by atoms with Crippen LogP contribution in [0.15, 0.2) is 20.0 Å². The smallest absolute Gasteiger partial charge is 0.245 e. The monoisotopic (exact) mass is 310 g/mol. The third-order valence-electron chi connectivity index (χ3n) is 1.64. The van der Waals surface area contributed by atoms with E-state index in [1.165, 1.54) is 6.07 Å². The van der Waals surface area contributed by atoms with Crippen molar-refractivity contribution in [2.24, 2.45) is 5.73 Å². The minimum atomic E-state index is -3.58. The van der Waals surface area contributed by atoms with Gasteiger partial charge in [0, 0.05) is 11.6 Å².